The summed E-state index contributed by atoms with van der Waals surface area (Å²) in [6.45, 7) is 9.71. The number of fused-ring (bicyclic) bond motifs is 1. The van der Waals surface area contributed by atoms with E-state index in [1.165, 1.54) is 0 Å². The molecule has 18 heavy (non-hydrogen) atoms. The summed E-state index contributed by atoms with van der Waals surface area (Å²) in [6.07, 6.45) is -1.03. The molecule has 98 valence electrons. The summed E-state index contributed by atoms with van der Waals surface area (Å²) < 4.78 is 11.2. The van der Waals surface area contributed by atoms with Crippen LogP contribution in [0.5, 0.6) is 0 Å². The van der Waals surface area contributed by atoms with Gasteiger partial charge in [0.05, 0.1) is 5.60 Å². The predicted octanol–water partition coefficient (Wildman–Crippen LogP) is 3.86. The van der Waals surface area contributed by atoms with E-state index >= 15 is 0 Å². The Kier molecular flexibility index (Phi) is 3.21. The average molecular weight is 248 g/mol. The molecule has 2 aromatic rings. The van der Waals surface area contributed by atoms with E-state index in [9.17, 15) is 5.11 Å². The van der Waals surface area contributed by atoms with Crippen molar-refractivity contribution in [1.82, 2.24) is 0 Å². The molecule has 0 saturated heterocycles. The van der Waals surface area contributed by atoms with E-state index in [0.29, 0.717) is 5.76 Å². The number of hydrogen-bond acceptors (Lipinski definition) is 3. The van der Waals surface area contributed by atoms with E-state index in [0.717, 1.165) is 22.1 Å². The maximum absolute atomic E-state index is 10.0. The molecule has 0 radical (unpaired) electrons. The second-order valence-corrected chi connectivity index (χ2v) is 5.67. The molecule has 3 heteroatoms. The lowest BCUT2D eigenvalue weighted by atomic mass is 10.1. The highest BCUT2D eigenvalue weighted by Gasteiger charge is 2.22. The summed E-state index contributed by atoms with van der Waals surface area (Å²) in [5.74, 6) is 0.456. The van der Waals surface area contributed by atoms with Crippen LogP contribution in [0.15, 0.2) is 22.6 Å². The third kappa shape index (κ3) is 2.57. The fraction of sp³-hybridized carbons (Fsp3) is 0.467. The van der Waals surface area contributed by atoms with Gasteiger partial charge in [0.15, 0.2) is 5.76 Å². The Bertz CT molecular complexity index is 522. The molecule has 0 amide bonds. The van der Waals surface area contributed by atoms with Gasteiger partial charge in [-0.2, -0.15) is 0 Å². The van der Waals surface area contributed by atoms with Gasteiger partial charge in [-0.1, -0.05) is 12.1 Å². The van der Waals surface area contributed by atoms with Crippen molar-refractivity contribution >= 4 is 11.0 Å². The molecule has 1 aromatic heterocycles. The minimum absolute atomic E-state index is 0.414. The highest BCUT2D eigenvalue weighted by molar-refractivity contribution is 5.84. The van der Waals surface area contributed by atoms with E-state index in [4.69, 9.17) is 9.15 Å². The molecule has 0 spiro atoms. The quantitative estimate of drug-likeness (QED) is 0.821. The third-order valence-corrected chi connectivity index (χ3v) is 2.83. The zero-order valence-electron chi connectivity index (χ0n) is 11.6. The molecule has 0 saturated carbocycles. The van der Waals surface area contributed by atoms with Gasteiger partial charge in [0.2, 0.25) is 6.29 Å². The van der Waals surface area contributed by atoms with Crippen LogP contribution < -0.4 is 0 Å². The largest absolute Gasteiger partial charge is 0.455 e. The lowest BCUT2D eigenvalue weighted by Gasteiger charge is -2.22. The van der Waals surface area contributed by atoms with Crippen molar-refractivity contribution in [2.75, 3.05) is 0 Å². The average Bonchev–Trinajstić information content (AvgIpc) is 2.67. The SMILES string of the molecule is Cc1ccc(C)c2oc(C(O)OC(C)(C)C)cc12. The zero-order valence-corrected chi connectivity index (χ0v) is 11.6. The van der Waals surface area contributed by atoms with Crippen molar-refractivity contribution in [3.8, 4) is 0 Å². The molecular weight excluding hydrogens is 228 g/mol. The van der Waals surface area contributed by atoms with Crippen LogP contribution in [-0.4, -0.2) is 10.7 Å². The molecule has 1 N–H and O–H groups in total. The minimum Gasteiger partial charge on any atom is -0.455 e. The second-order valence-electron chi connectivity index (χ2n) is 5.67. The first kappa shape index (κ1) is 13.1. The van der Waals surface area contributed by atoms with E-state index in [-0.39, 0.29) is 0 Å². The van der Waals surface area contributed by atoms with Gasteiger partial charge < -0.3 is 14.3 Å². The Hall–Kier alpha value is -1.32. The molecule has 1 unspecified atom stereocenters. The molecule has 1 atom stereocenters. The maximum Gasteiger partial charge on any atom is 0.215 e. The lowest BCUT2D eigenvalue weighted by molar-refractivity contribution is -0.177. The van der Waals surface area contributed by atoms with Crippen LogP contribution in [0.25, 0.3) is 11.0 Å². The number of aliphatic hydroxyl groups is 1. The Morgan fingerprint density at radius 3 is 2.33 bits per heavy atom. The van der Waals surface area contributed by atoms with Crippen molar-refractivity contribution in [3.05, 3.63) is 35.1 Å². The Morgan fingerprint density at radius 1 is 1.17 bits per heavy atom. The molecule has 1 heterocycles. The summed E-state index contributed by atoms with van der Waals surface area (Å²) in [5.41, 5.74) is 2.60. The zero-order chi connectivity index (χ0) is 13.5. The molecule has 0 bridgehead atoms. The summed E-state index contributed by atoms with van der Waals surface area (Å²) >= 11 is 0. The van der Waals surface area contributed by atoms with Gasteiger partial charge in [-0.15, -0.1) is 0 Å². The minimum atomic E-state index is -1.03. The molecule has 1 aromatic carbocycles. The van der Waals surface area contributed by atoms with Gasteiger partial charge >= 0.3 is 0 Å². The number of ether oxygens (including phenoxy) is 1. The molecule has 0 fully saturated rings. The number of aryl methyl sites for hydroxylation is 2. The van der Waals surface area contributed by atoms with Gasteiger partial charge in [-0.25, -0.2) is 0 Å². The van der Waals surface area contributed by atoms with Gasteiger partial charge in [-0.3, -0.25) is 0 Å². The van der Waals surface area contributed by atoms with Crippen LogP contribution in [0.2, 0.25) is 0 Å². The molecule has 0 aliphatic heterocycles. The molecule has 2 rings (SSSR count). The summed E-state index contributed by atoms with van der Waals surface area (Å²) in [6, 6.07) is 5.92. The standard InChI is InChI=1S/C15H20O3/c1-9-6-7-10(2)13-11(9)8-12(17-13)14(16)18-15(3,4)5/h6-8,14,16H,1-5H3. The molecule has 0 aliphatic carbocycles. The monoisotopic (exact) mass is 248 g/mol. The van der Waals surface area contributed by atoms with E-state index < -0.39 is 11.9 Å². The first-order valence-corrected chi connectivity index (χ1v) is 6.13. The normalized spacial score (nSPS) is 14.1. The van der Waals surface area contributed by atoms with Crippen LogP contribution in [0, 0.1) is 13.8 Å². The third-order valence-electron chi connectivity index (χ3n) is 2.83. The van der Waals surface area contributed by atoms with Crippen molar-refractivity contribution in [3.63, 3.8) is 0 Å². The number of hydrogen-bond donors (Lipinski definition) is 1. The van der Waals surface area contributed by atoms with Crippen LogP contribution in [0.4, 0.5) is 0 Å². The molecule has 3 nitrogen and oxygen atoms in total. The van der Waals surface area contributed by atoms with Crippen molar-refractivity contribution in [2.24, 2.45) is 0 Å². The highest BCUT2D eigenvalue weighted by Crippen LogP contribution is 2.30. The number of furan rings is 1. The van der Waals surface area contributed by atoms with Crippen LogP contribution in [0.3, 0.4) is 0 Å². The Balaban J connectivity index is 2.41. The van der Waals surface area contributed by atoms with Crippen molar-refractivity contribution in [2.45, 2.75) is 46.5 Å². The summed E-state index contributed by atoms with van der Waals surface area (Å²) in [4.78, 5) is 0. The van der Waals surface area contributed by atoms with Crippen LogP contribution in [-0.2, 0) is 4.74 Å². The number of aliphatic hydroxyl groups excluding tert-OH is 1. The van der Waals surface area contributed by atoms with Crippen molar-refractivity contribution < 1.29 is 14.3 Å². The summed E-state index contributed by atoms with van der Waals surface area (Å²) in [7, 11) is 0. The highest BCUT2D eigenvalue weighted by atomic mass is 16.6. The van der Waals surface area contributed by atoms with Gasteiger partial charge in [0.1, 0.15) is 5.58 Å². The molecule has 0 aliphatic rings. The maximum atomic E-state index is 10.0. The summed E-state index contributed by atoms with van der Waals surface area (Å²) in [5, 5.41) is 11.1. The Labute approximate surface area is 107 Å². The Morgan fingerprint density at radius 2 is 1.78 bits per heavy atom. The lowest BCUT2D eigenvalue weighted by Crippen LogP contribution is -2.22. The van der Waals surface area contributed by atoms with Gasteiger partial charge in [-0.05, 0) is 51.8 Å². The van der Waals surface area contributed by atoms with E-state index in [2.05, 4.69) is 0 Å². The first-order valence-electron chi connectivity index (χ1n) is 6.13. The van der Waals surface area contributed by atoms with E-state index in [1.807, 2.05) is 52.8 Å². The predicted molar refractivity (Wildman–Crippen MR) is 71.5 cm³/mol. The first-order chi connectivity index (χ1) is 8.28. The van der Waals surface area contributed by atoms with Crippen molar-refractivity contribution in [1.29, 1.82) is 0 Å². The van der Waals surface area contributed by atoms with Crippen LogP contribution >= 0.6 is 0 Å². The van der Waals surface area contributed by atoms with Gasteiger partial charge in [0, 0.05) is 5.39 Å². The number of benzene rings is 1. The molecular formula is C15H20O3. The van der Waals surface area contributed by atoms with Crippen LogP contribution in [0.1, 0.15) is 43.9 Å². The second kappa shape index (κ2) is 4.41. The number of rotatable bonds is 2. The fourth-order valence-electron chi connectivity index (χ4n) is 1.93. The topological polar surface area (TPSA) is 42.6 Å². The smallest absolute Gasteiger partial charge is 0.215 e. The van der Waals surface area contributed by atoms with Gasteiger partial charge in [0.25, 0.3) is 0 Å². The van der Waals surface area contributed by atoms with E-state index in [1.54, 1.807) is 0 Å². The fourth-order valence-corrected chi connectivity index (χ4v) is 1.93.